The van der Waals surface area contributed by atoms with Gasteiger partial charge in [0.2, 0.25) is 10.0 Å². The summed E-state index contributed by atoms with van der Waals surface area (Å²) in [6.07, 6.45) is 4.90. The maximum absolute atomic E-state index is 13.2. The minimum absolute atomic E-state index is 0.268. The molecule has 28 heavy (non-hydrogen) atoms. The number of benzene rings is 1. The minimum atomic E-state index is -3.62. The van der Waals surface area contributed by atoms with Crippen molar-refractivity contribution in [3.05, 3.63) is 58.9 Å². The van der Waals surface area contributed by atoms with Gasteiger partial charge in [-0.25, -0.2) is 8.42 Å². The second kappa shape index (κ2) is 7.64. The van der Waals surface area contributed by atoms with Crippen LogP contribution in [0.3, 0.4) is 0 Å². The van der Waals surface area contributed by atoms with Crippen LogP contribution < -0.4 is 0 Å². The fourth-order valence-corrected chi connectivity index (χ4v) is 5.15. The molecule has 0 fully saturated rings. The van der Waals surface area contributed by atoms with Crippen molar-refractivity contribution in [3.8, 4) is 0 Å². The number of nitrogens with zero attached hydrogens (tertiary/aromatic N) is 2. The van der Waals surface area contributed by atoms with Crippen molar-refractivity contribution in [2.24, 2.45) is 5.41 Å². The first kappa shape index (κ1) is 20.5. The third kappa shape index (κ3) is 4.10. The van der Waals surface area contributed by atoms with E-state index in [0.29, 0.717) is 19.4 Å². The summed E-state index contributed by atoms with van der Waals surface area (Å²) in [7, 11) is -3.62. The number of hydrogen-bond acceptors (Lipinski definition) is 4. The van der Waals surface area contributed by atoms with E-state index in [1.807, 2.05) is 25.1 Å². The molecule has 2 aromatic rings. The molecule has 0 amide bonds. The maximum atomic E-state index is 13.2. The SMILES string of the molecule is Cc1ccc(CC(C)(C)C(=O)O)cc1CN1CCCc2ccncc2S1(=O)=O. The predicted molar refractivity (Wildman–Crippen MR) is 106 cm³/mol. The zero-order valence-corrected chi connectivity index (χ0v) is 17.3. The number of carbonyl (C=O) groups is 1. The quantitative estimate of drug-likeness (QED) is 0.830. The lowest BCUT2D eigenvalue weighted by molar-refractivity contribution is -0.146. The number of aryl methyl sites for hydroxylation is 2. The van der Waals surface area contributed by atoms with Crippen LogP contribution >= 0.6 is 0 Å². The summed E-state index contributed by atoms with van der Waals surface area (Å²) >= 11 is 0. The van der Waals surface area contributed by atoms with E-state index in [4.69, 9.17) is 0 Å². The normalized spacial score (nSPS) is 17.0. The molecule has 1 aliphatic heterocycles. The van der Waals surface area contributed by atoms with Crippen molar-refractivity contribution < 1.29 is 18.3 Å². The van der Waals surface area contributed by atoms with Crippen molar-refractivity contribution >= 4 is 16.0 Å². The molecule has 150 valence electrons. The van der Waals surface area contributed by atoms with Gasteiger partial charge in [-0.05, 0) is 68.4 Å². The van der Waals surface area contributed by atoms with Crippen LogP contribution in [-0.4, -0.2) is 35.3 Å². The average molecular weight is 403 g/mol. The summed E-state index contributed by atoms with van der Waals surface area (Å²) in [5.74, 6) is -0.853. The van der Waals surface area contributed by atoms with Crippen LogP contribution in [0.25, 0.3) is 0 Å². The van der Waals surface area contributed by atoms with Crippen molar-refractivity contribution in [1.82, 2.24) is 9.29 Å². The number of carboxylic acid groups (broad SMARTS) is 1. The summed E-state index contributed by atoms with van der Waals surface area (Å²) in [5, 5.41) is 9.39. The van der Waals surface area contributed by atoms with Gasteiger partial charge in [0, 0.05) is 25.5 Å². The van der Waals surface area contributed by atoms with Gasteiger partial charge in [-0.15, -0.1) is 0 Å². The van der Waals surface area contributed by atoms with Gasteiger partial charge in [0.05, 0.1) is 5.41 Å². The van der Waals surface area contributed by atoms with Crippen molar-refractivity contribution in [3.63, 3.8) is 0 Å². The molecule has 0 radical (unpaired) electrons. The highest BCUT2D eigenvalue weighted by Gasteiger charge is 2.31. The Morgan fingerprint density at radius 3 is 2.75 bits per heavy atom. The van der Waals surface area contributed by atoms with Crippen molar-refractivity contribution in [2.45, 2.75) is 51.5 Å². The lowest BCUT2D eigenvalue weighted by atomic mass is 9.85. The molecule has 3 rings (SSSR count). The van der Waals surface area contributed by atoms with E-state index in [1.165, 1.54) is 10.5 Å². The Kier molecular flexibility index (Phi) is 5.59. The Hall–Kier alpha value is -2.25. The molecule has 0 bridgehead atoms. The monoisotopic (exact) mass is 402 g/mol. The van der Waals surface area contributed by atoms with E-state index < -0.39 is 21.4 Å². The molecule has 1 N–H and O–H groups in total. The fourth-order valence-electron chi connectivity index (χ4n) is 3.50. The largest absolute Gasteiger partial charge is 0.481 e. The summed E-state index contributed by atoms with van der Waals surface area (Å²) in [4.78, 5) is 15.7. The summed E-state index contributed by atoms with van der Waals surface area (Å²) < 4.78 is 27.8. The Morgan fingerprint density at radius 1 is 1.29 bits per heavy atom. The van der Waals surface area contributed by atoms with Gasteiger partial charge in [-0.2, -0.15) is 4.31 Å². The predicted octanol–water partition coefficient (Wildman–Crippen LogP) is 3.18. The number of carboxylic acids is 1. The zero-order valence-electron chi connectivity index (χ0n) is 16.5. The number of aliphatic carboxylic acids is 1. The molecule has 0 unspecified atom stereocenters. The van der Waals surface area contributed by atoms with E-state index in [0.717, 1.165) is 28.7 Å². The fraction of sp³-hybridized carbons (Fsp3) is 0.429. The van der Waals surface area contributed by atoms with E-state index in [2.05, 4.69) is 4.98 Å². The molecule has 0 saturated heterocycles. The van der Waals surface area contributed by atoms with Crippen LogP contribution in [0.4, 0.5) is 0 Å². The van der Waals surface area contributed by atoms with Crippen molar-refractivity contribution in [1.29, 1.82) is 0 Å². The first-order valence-corrected chi connectivity index (χ1v) is 10.8. The number of rotatable bonds is 5. The first-order chi connectivity index (χ1) is 13.1. The van der Waals surface area contributed by atoms with Gasteiger partial charge in [0.1, 0.15) is 4.90 Å². The second-order valence-electron chi connectivity index (χ2n) is 8.05. The lowest BCUT2D eigenvalue weighted by Crippen LogP contribution is -2.31. The molecule has 7 heteroatoms. The third-order valence-electron chi connectivity index (χ3n) is 5.33. The molecule has 0 saturated carbocycles. The maximum Gasteiger partial charge on any atom is 0.309 e. The molecular weight excluding hydrogens is 376 g/mol. The second-order valence-corrected chi connectivity index (χ2v) is 9.96. The first-order valence-electron chi connectivity index (χ1n) is 9.36. The number of sulfonamides is 1. The molecule has 1 aromatic heterocycles. The van der Waals surface area contributed by atoms with Crippen LogP contribution in [0.2, 0.25) is 0 Å². The Balaban J connectivity index is 1.91. The van der Waals surface area contributed by atoms with Crippen molar-refractivity contribution in [2.75, 3.05) is 6.54 Å². The third-order valence-corrected chi connectivity index (χ3v) is 7.24. The van der Waals surface area contributed by atoms with Crippen LogP contribution in [0.1, 0.15) is 42.5 Å². The summed E-state index contributed by atoms with van der Waals surface area (Å²) in [5.41, 5.74) is 2.71. The number of hydrogen-bond donors (Lipinski definition) is 1. The zero-order chi connectivity index (χ0) is 20.5. The van der Waals surface area contributed by atoms with Crippen LogP contribution in [0.5, 0.6) is 0 Å². The van der Waals surface area contributed by atoms with Crippen LogP contribution in [0, 0.1) is 12.3 Å². The molecule has 1 aliphatic rings. The minimum Gasteiger partial charge on any atom is -0.481 e. The van der Waals surface area contributed by atoms with Gasteiger partial charge >= 0.3 is 5.97 Å². The van der Waals surface area contributed by atoms with E-state index >= 15 is 0 Å². The van der Waals surface area contributed by atoms with Gasteiger partial charge in [0.25, 0.3) is 0 Å². The highest BCUT2D eigenvalue weighted by molar-refractivity contribution is 7.89. The molecule has 0 atom stereocenters. The molecule has 6 nitrogen and oxygen atoms in total. The topological polar surface area (TPSA) is 87.6 Å². The Morgan fingerprint density at radius 2 is 2.04 bits per heavy atom. The van der Waals surface area contributed by atoms with Crippen LogP contribution in [-0.2, 0) is 34.2 Å². The standard InChI is InChI=1S/C21H26N2O4S/c1-15-6-7-16(12-21(2,3)20(24)25)11-18(15)14-23-10-4-5-17-8-9-22-13-19(17)28(23,26)27/h6-9,11,13H,4-5,10,12,14H2,1-3H3,(H,24,25). The smallest absolute Gasteiger partial charge is 0.309 e. The van der Waals surface area contributed by atoms with Gasteiger partial charge in [-0.1, -0.05) is 18.2 Å². The number of fused-ring (bicyclic) bond motifs is 1. The van der Waals surface area contributed by atoms with Gasteiger partial charge < -0.3 is 5.11 Å². The summed E-state index contributed by atoms with van der Waals surface area (Å²) in [6.45, 7) is 6.04. The Labute approximate surface area is 166 Å². The van der Waals surface area contributed by atoms with Gasteiger partial charge in [-0.3, -0.25) is 9.78 Å². The summed E-state index contributed by atoms with van der Waals surface area (Å²) in [6, 6.07) is 7.56. The average Bonchev–Trinajstić information content (AvgIpc) is 2.74. The van der Waals surface area contributed by atoms with Crippen LogP contribution in [0.15, 0.2) is 41.6 Å². The molecule has 0 aliphatic carbocycles. The van der Waals surface area contributed by atoms with Gasteiger partial charge in [0.15, 0.2) is 0 Å². The molecule has 1 aromatic carbocycles. The number of aromatic nitrogens is 1. The lowest BCUT2D eigenvalue weighted by Gasteiger charge is -2.23. The number of pyridine rings is 1. The van der Waals surface area contributed by atoms with E-state index in [-0.39, 0.29) is 11.4 Å². The Bertz CT molecular complexity index is 999. The molecular formula is C21H26N2O4S. The molecule has 2 heterocycles. The van der Waals surface area contributed by atoms with E-state index in [9.17, 15) is 18.3 Å². The highest BCUT2D eigenvalue weighted by atomic mass is 32.2. The highest BCUT2D eigenvalue weighted by Crippen LogP contribution is 2.28. The molecule has 0 spiro atoms. The van der Waals surface area contributed by atoms with E-state index in [1.54, 1.807) is 26.1 Å².